The molecule has 1 aliphatic rings. The Hall–Kier alpha value is -5.48. The Morgan fingerprint density at radius 1 is 0.729 bits per heavy atom. The van der Waals surface area contributed by atoms with E-state index in [2.05, 4.69) is 16.0 Å². The van der Waals surface area contributed by atoms with Gasteiger partial charge in [0.05, 0.1) is 30.8 Å². The molecule has 6 rings (SSSR count). The molecule has 4 aromatic carbocycles. The number of carbonyl (C=O) groups excluding carboxylic acids is 4. The average Bonchev–Trinajstić information content (AvgIpc) is 3.77. The zero-order valence-electron chi connectivity index (χ0n) is 27.1. The van der Waals surface area contributed by atoms with Crippen molar-refractivity contribution in [1.82, 2.24) is 20.5 Å². The first-order chi connectivity index (χ1) is 23.2. The largest absolute Gasteiger partial charge is 0.497 e. The second-order valence-corrected chi connectivity index (χ2v) is 12.3. The summed E-state index contributed by atoms with van der Waals surface area (Å²) >= 11 is 0. The highest BCUT2D eigenvalue weighted by Crippen LogP contribution is 2.30. The number of carbonyl (C=O) groups is 4. The summed E-state index contributed by atoms with van der Waals surface area (Å²) in [4.78, 5) is 54.7. The molecular formula is C38H38N4O6. The van der Waals surface area contributed by atoms with Gasteiger partial charge in [-0.1, -0.05) is 78.9 Å². The van der Waals surface area contributed by atoms with Gasteiger partial charge in [-0.3, -0.25) is 19.0 Å². The van der Waals surface area contributed by atoms with Gasteiger partial charge in [0.1, 0.15) is 23.4 Å². The molecule has 0 radical (unpaired) electrons. The highest BCUT2D eigenvalue weighted by Gasteiger charge is 2.50. The minimum atomic E-state index is -1.06. The number of ketones is 1. The number of methoxy groups -OCH3 is 1. The van der Waals surface area contributed by atoms with E-state index in [-0.39, 0.29) is 25.2 Å². The molecular weight excluding hydrogens is 608 g/mol. The number of epoxide rings is 1. The van der Waals surface area contributed by atoms with Gasteiger partial charge in [0, 0.05) is 17.2 Å². The molecule has 1 aromatic heterocycles. The van der Waals surface area contributed by atoms with Crippen LogP contribution in [0.5, 0.6) is 5.75 Å². The van der Waals surface area contributed by atoms with Gasteiger partial charge < -0.3 is 25.4 Å². The summed E-state index contributed by atoms with van der Waals surface area (Å²) in [6.07, 6.45) is 0.397. The quantitative estimate of drug-likeness (QED) is 0.170. The lowest BCUT2D eigenvalue weighted by atomic mass is 9.94. The standard InChI is InChI=1S/C38H38N4O6/c1-24(39-37(46)42-32-15-9-7-13-28(32)29-14-8-10-16-33(29)42)35(44)41-31(22-26-17-19-27(47-3)20-18-26)36(45)40-30(34(43)38(2)23-48-38)21-25-11-5-4-6-12-25/h4-20,24,30-31H,21-23H2,1-3H3,(H,39,46)(H,40,45)(H,41,44)/t24-,30+,31+,38-/m1/s1. The summed E-state index contributed by atoms with van der Waals surface area (Å²) < 4.78 is 12.3. The number of nitrogens with one attached hydrogen (secondary N) is 3. The molecule has 5 aromatic rings. The summed E-state index contributed by atoms with van der Waals surface area (Å²) in [7, 11) is 1.56. The number of ether oxygens (including phenoxy) is 2. The SMILES string of the molecule is COc1ccc(C[C@H](NC(=O)[C@@H](C)NC(=O)n2c3ccccc3c3ccccc32)C(=O)N[C@@H](Cc2ccccc2)C(=O)[C@@]2(C)CO2)cc1. The molecule has 10 nitrogen and oxygen atoms in total. The lowest BCUT2D eigenvalue weighted by Gasteiger charge is -2.25. The van der Waals surface area contributed by atoms with Crippen LogP contribution in [0, 0.1) is 0 Å². The molecule has 0 unspecified atom stereocenters. The fourth-order valence-corrected chi connectivity index (χ4v) is 5.91. The van der Waals surface area contributed by atoms with Gasteiger partial charge in [0.15, 0.2) is 5.78 Å². The zero-order valence-corrected chi connectivity index (χ0v) is 27.1. The van der Waals surface area contributed by atoms with E-state index < -0.39 is 41.6 Å². The van der Waals surface area contributed by atoms with E-state index in [1.54, 1.807) is 37.7 Å². The molecule has 2 heterocycles. The highest BCUT2D eigenvalue weighted by molar-refractivity contribution is 6.13. The van der Waals surface area contributed by atoms with Crippen molar-refractivity contribution >= 4 is 45.4 Å². The van der Waals surface area contributed by atoms with Gasteiger partial charge in [-0.05, 0) is 55.7 Å². The molecule has 3 amide bonds. The van der Waals surface area contributed by atoms with Crippen LogP contribution in [0.4, 0.5) is 4.79 Å². The van der Waals surface area contributed by atoms with Crippen LogP contribution >= 0.6 is 0 Å². The number of benzene rings is 4. The number of Topliss-reactive ketones (excluding diaryl/α,β-unsaturated/α-hetero) is 1. The minimum Gasteiger partial charge on any atom is -0.497 e. The van der Waals surface area contributed by atoms with Gasteiger partial charge in [0.2, 0.25) is 11.8 Å². The lowest BCUT2D eigenvalue weighted by molar-refractivity contribution is -0.133. The summed E-state index contributed by atoms with van der Waals surface area (Å²) in [5.74, 6) is -0.669. The van der Waals surface area contributed by atoms with Crippen LogP contribution in [-0.4, -0.2) is 65.6 Å². The second kappa shape index (κ2) is 13.7. The van der Waals surface area contributed by atoms with Gasteiger partial charge in [-0.25, -0.2) is 4.79 Å². The molecule has 3 N–H and O–H groups in total. The zero-order chi connectivity index (χ0) is 33.8. The molecule has 1 aliphatic heterocycles. The van der Waals surface area contributed by atoms with E-state index in [1.165, 1.54) is 0 Å². The molecule has 1 fully saturated rings. The third kappa shape index (κ3) is 6.94. The van der Waals surface area contributed by atoms with Crippen LogP contribution in [-0.2, 0) is 32.0 Å². The summed E-state index contributed by atoms with van der Waals surface area (Å²) in [5, 5.41) is 10.4. The van der Waals surface area contributed by atoms with E-state index in [1.807, 2.05) is 91.0 Å². The molecule has 1 saturated heterocycles. The van der Waals surface area contributed by atoms with Crippen LogP contribution in [0.15, 0.2) is 103 Å². The Bertz CT molecular complexity index is 1910. The average molecular weight is 647 g/mol. The van der Waals surface area contributed by atoms with Crippen molar-refractivity contribution < 1.29 is 28.7 Å². The van der Waals surface area contributed by atoms with E-state index in [4.69, 9.17) is 9.47 Å². The van der Waals surface area contributed by atoms with Gasteiger partial charge in [-0.2, -0.15) is 0 Å². The van der Waals surface area contributed by atoms with E-state index in [0.717, 1.165) is 21.9 Å². The monoisotopic (exact) mass is 646 g/mol. The maximum atomic E-state index is 13.9. The highest BCUT2D eigenvalue weighted by atomic mass is 16.6. The minimum absolute atomic E-state index is 0.134. The number of para-hydroxylation sites is 2. The fraction of sp³-hybridized carbons (Fsp3) is 0.263. The van der Waals surface area contributed by atoms with Crippen molar-refractivity contribution in [2.75, 3.05) is 13.7 Å². The van der Waals surface area contributed by atoms with Crippen molar-refractivity contribution in [2.45, 2.75) is 50.4 Å². The molecule has 246 valence electrons. The topological polar surface area (TPSA) is 131 Å². The van der Waals surface area contributed by atoms with Crippen LogP contribution in [0.2, 0.25) is 0 Å². The van der Waals surface area contributed by atoms with Crippen LogP contribution in [0.25, 0.3) is 21.8 Å². The molecule has 0 aliphatic carbocycles. The maximum Gasteiger partial charge on any atom is 0.327 e. The fourth-order valence-electron chi connectivity index (χ4n) is 5.91. The van der Waals surface area contributed by atoms with E-state index >= 15 is 0 Å². The van der Waals surface area contributed by atoms with Crippen molar-refractivity contribution in [1.29, 1.82) is 0 Å². The molecule has 10 heteroatoms. The summed E-state index contributed by atoms with van der Waals surface area (Å²) in [6.45, 7) is 3.55. The third-order valence-electron chi connectivity index (χ3n) is 8.76. The molecule has 0 saturated carbocycles. The van der Waals surface area contributed by atoms with E-state index in [9.17, 15) is 19.2 Å². The number of aromatic nitrogens is 1. The number of amides is 3. The number of hydrogen-bond donors (Lipinski definition) is 3. The first kappa shape index (κ1) is 32.5. The number of hydrogen-bond acceptors (Lipinski definition) is 6. The molecule has 4 atom stereocenters. The smallest absolute Gasteiger partial charge is 0.327 e. The summed E-state index contributed by atoms with van der Waals surface area (Å²) in [6, 6.07) is 28.3. The maximum absolute atomic E-state index is 13.9. The third-order valence-corrected chi connectivity index (χ3v) is 8.76. The van der Waals surface area contributed by atoms with Gasteiger partial charge >= 0.3 is 6.03 Å². The van der Waals surface area contributed by atoms with Crippen LogP contribution in [0.1, 0.15) is 25.0 Å². The molecule has 48 heavy (non-hydrogen) atoms. The Balaban J connectivity index is 1.22. The van der Waals surface area contributed by atoms with Gasteiger partial charge in [-0.15, -0.1) is 0 Å². The first-order valence-corrected chi connectivity index (χ1v) is 15.9. The summed E-state index contributed by atoms with van der Waals surface area (Å²) in [5.41, 5.74) is 2.10. The van der Waals surface area contributed by atoms with Crippen molar-refractivity contribution in [2.24, 2.45) is 0 Å². The van der Waals surface area contributed by atoms with Crippen LogP contribution in [0.3, 0.4) is 0 Å². The number of fused-ring (bicyclic) bond motifs is 3. The normalized spacial score (nSPS) is 17.2. The Morgan fingerprint density at radius 3 is 1.83 bits per heavy atom. The second-order valence-electron chi connectivity index (χ2n) is 12.3. The van der Waals surface area contributed by atoms with Gasteiger partial charge in [0.25, 0.3) is 0 Å². The van der Waals surface area contributed by atoms with Crippen molar-refractivity contribution in [3.8, 4) is 5.75 Å². The predicted molar refractivity (Wildman–Crippen MR) is 183 cm³/mol. The van der Waals surface area contributed by atoms with Crippen molar-refractivity contribution in [3.63, 3.8) is 0 Å². The van der Waals surface area contributed by atoms with Crippen LogP contribution < -0.4 is 20.7 Å². The molecule has 0 spiro atoms. The molecule has 0 bridgehead atoms. The van der Waals surface area contributed by atoms with Crippen molar-refractivity contribution in [3.05, 3.63) is 114 Å². The Kier molecular flexibility index (Phi) is 9.27. The Morgan fingerprint density at radius 2 is 1.25 bits per heavy atom. The lowest BCUT2D eigenvalue weighted by Crippen LogP contribution is -2.57. The number of nitrogens with zero attached hydrogens (tertiary/aromatic N) is 1. The Labute approximate surface area is 278 Å². The predicted octanol–water partition coefficient (Wildman–Crippen LogP) is 4.56. The van der Waals surface area contributed by atoms with E-state index in [0.29, 0.717) is 16.8 Å². The first-order valence-electron chi connectivity index (χ1n) is 15.9. The number of rotatable bonds is 12.